The van der Waals surface area contributed by atoms with Gasteiger partial charge in [-0.05, 0) is 58.7 Å². The largest absolute Gasteiger partial charge is 0.519 e. The molecule has 0 amide bonds. The van der Waals surface area contributed by atoms with Crippen molar-refractivity contribution in [2.75, 3.05) is 19.5 Å². The van der Waals surface area contributed by atoms with Crippen molar-refractivity contribution >= 4 is 30.0 Å². The van der Waals surface area contributed by atoms with Crippen molar-refractivity contribution in [3.8, 4) is 0 Å². The molecule has 8 heteroatoms. The Labute approximate surface area is 131 Å². The fourth-order valence-electron chi connectivity index (χ4n) is 2.57. The number of nitrogens with zero attached hydrogens (tertiary/aromatic N) is 1. The summed E-state index contributed by atoms with van der Waals surface area (Å²) in [4.78, 5) is 14.3. The lowest BCUT2D eigenvalue weighted by Crippen LogP contribution is -2.42. The second-order valence-corrected chi connectivity index (χ2v) is 19.6. The average molecular weight is 352 g/mol. The molecule has 0 aromatic rings. The standard InChI is InChI=1S/C13H30NO4PSi2/c1-19(16,18-21(5,6)7)11-14-10-8-9-12(14)13(15)17-20(2,3)4/h12H,8-11H2,1-7H3/t12-,19+/m1/s1. The molecule has 0 saturated carbocycles. The number of rotatable bonds is 6. The predicted molar refractivity (Wildman–Crippen MR) is 92.0 cm³/mol. The van der Waals surface area contributed by atoms with E-state index in [1.807, 2.05) is 44.2 Å². The van der Waals surface area contributed by atoms with Gasteiger partial charge < -0.3 is 8.64 Å². The van der Waals surface area contributed by atoms with Gasteiger partial charge in [0.1, 0.15) is 6.04 Å². The quantitative estimate of drug-likeness (QED) is 0.541. The van der Waals surface area contributed by atoms with Gasteiger partial charge in [-0.15, -0.1) is 0 Å². The van der Waals surface area contributed by atoms with Gasteiger partial charge in [-0.3, -0.25) is 14.3 Å². The highest BCUT2D eigenvalue weighted by Crippen LogP contribution is 2.47. The molecule has 0 aliphatic carbocycles. The van der Waals surface area contributed by atoms with Crippen LogP contribution in [0.2, 0.25) is 39.3 Å². The highest BCUT2D eigenvalue weighted by Gasteiger charge is 2.38. The Bertz CT molecular complexity index is 431. The zero-order valence-electron chi connectivity index (χ0n) is 14.4. The first-order valence-electron chi connectivity index (χ1n) is 7.53. The van der Waals surface area contributed by atoms with Crippen molar-refractivity contribution in [3.05, 3.63) is 0 Å². The Morgan fingerprint density at radius 2 is 1.76 bits per heavy atom. The summed E-state index contributed by atoms with van der Waals surface area (Å²) >= 11 is 0. The van der Waals surface area contributed by atoms with Crippen LogP contribution >= 0.6 is 7.37 Å². The molecule has 1 aliphatic rings. The van der Waals surface area contributed by atoms with Crippen LogP contribution in [0.4, 0.5) is 0 Å². The molecule has 1 rings (SSSR count). The topological polar surface area (TPSA) is 55.8 Å². The van der Waals surface area contributed by atoms with E-state index in [1.54, 1.807) is 6.66 Å². The smallest absolute Gasteiger partial charge is 0.310 e. The van der Waals surface area contributed by atoms with E-state index in [0.717, 1.165) is 19.4 Å². The van der Waals surface area contributed by atoms with Crippen LogP contribution in [-0.2, 0) is 18.0 Å². The van der Waals surface area contributed by atoms with Gasteiger partial charge >= 0.3 is 5.97 Å². The molecule has 5 nitrogen and oxygen atoms in total. The van der Waals surface area contributed by atoms with E-state index in [-0.39, 0.29) is 12.0 Å². The zero-order valence-corrected chi connectivity index (χ0v) is 17.3. The number of hydrogen-bond acceptors (Lipinski definition) is 5. The van der Waals surface area contributed by atoms with Crippen molar-refractivity contribution in [1.29, 1.82) is 0 Å². The molecule has 0 bridgehead atoms. The third-order valence-electron chi connectivity index (χ3n) is 2.95. The van der Waals surface area contributed by atoms with E-state index >= 15 is 0 Å². The summed E-state index contributed by atoms with van der Waals surface area (Å²) < 4.78 is 24.1. The van der Waals surface area contributed by atoms with Gasteiger partial charge in [-0.1, -0.05) is 0 Å². The number of carbonyl (C=O) groups is 1. The van der Waals surface area contributed by atoms with Crippen LogP contribution in [-0.4, -0.2) is 53.0 Å². The summed E-state index contributed by atoms with van der Waals surface area (Å²) in [5.41, 5.74) is 0. The Hall–Kier alpha value is 0.0538. The molecule has 0 N–H and O–H groups in total. The van der Waals surface area contributed by atoms with Crippen LogP contribution < -0.4 is 0 Å². The number of hydrogen-bond donors (Lipinski definition) is 0. The fraction of sp³-hybridized carbons (Fsp3) is 0.923. The fourth-order valence-corrected chi connectivity index (χ4v) is 9.17. The number of likely N-dealkylation sites (tertiary alicyclic amines) is 1. The molecule has 21 heavy (non-hydrogen) atoms. The Balaban J connectivity index is 2.70. The van der Waals surface area contributed by atoms with Crippen LogP contribution in [0.5, 0.6) is 0 Å². The summed E-state index contributed by atoms with van der Waals surface area (Å²) in [6.07, 6.45) is 2.08. The first-order valence-corrected chi connectivity index (χ1v) is 16.6. The maximum atomic E-state index is 12.7. The Morgan fingerprint density at radius 1 is 1.19 bits per heavy atom. The molecule has 0 unspecified atom stereocenters. The van der Waals surface area contributed by atoms with E-state index in [9.17, 15) is 9.36 Å². The van der Waals surface area contributed by atoms with Gasteiger partial charge in [-0.2, -0.15) is 0 Å². The molecule has 1 fully saturated rings. The highest BCUT2D eigenvalue weighted by atomic mass is 31.2. The molecule has 0 aromatic heterocycles. The van der Waals surface area contributed by atoms with Crippen LogP contribution in [0.25, 0.3) is 0 Å². The normalized spacial score (nSPS) is 23.9. The minimum absolute atomic E-state index is 0.153. The maximum absolute atomic E-state index is 12.7. The van der Waals surface area contributed by atoms with Crippen molar-refractivity contribution in [2.45, 2.75) is 58.2 Å². The van der Waals surface area contributed by atoms with Crippen LogP contribution in [0, 0.1) is 0 Å². The van der Waals surface area contributed by atoms with Crippen molar-refractivity contribution in [1.82, 2.24) is 4.90 Å². The second-order valence-electron chi connectivity index (χ2n) is 7.86. The van der Waals surface area contributed by atoms with Gasteiger partial charge in [0, 0.05) is 6.66 Å². The molecule has 0 radical (unpaired) electrons. The van der Waals surface area contributed by atoms with Gasteiger partial charge in [-0.25, -0.2) is 0 Å². The zero-order chi connectivity index (χ0) is 16.5. The van der Waals surface area contributed by atoms with E-state index in [2.05, 4.69) is 0 Å². The SMILES string of the molecule is C[Si](C)(C)OC(=O)[C@H]1CCCN1C[P@@](C)(=O)O[Si](C)(C)C. The van der Waals surface area contributed by atoms with Crippen molar-refractivity contribution in [3.63, 3.8) is 0 Å². The van der Waals surface area contributed by atoms with Gasteiger partial charge in [0.2, 0.25) is 15.7 Å². The summed E-state index contributed by atoms with van der Waals surface area (Å²) in [5.74, 6) is -0.153. The van der Waals surface area contributed by atoms with E-state index in [0.29, 0.717) is 6.29 Å². The van der Waals surface area contributed by atoms with Crippen LogP contribution in [0.15, 0.2) is 0 Å². The third-order valence-corrected chi connectivity index (χ3v) is 8.37. The molecule has 1 aliphatic heterocycles. The minimum atomic E-state index is -2.70. The molecule has 0 spiro atoms. The Kier molecular flexibility index (Phi) is 6.06. The first kappa shape index (κ1) is 19.1. The average Bonchev–Trinajstić information content (AvgIpc) is 2.57. The molecule has 0 aromatic carbocycles. The molecule has 2 atom stereocenters. The monoisotopic (exact) mass is 351 g/mol. The minimum Gasteiger partial charge on any atom is -0.519 e. The van der Waals surface area contributed by atoms with Crippen molar-refractivity contribution in [2.24, 2.45) is 0 Å². The first-order chi connectivity index (χ1) is 9.29. The highest BCUT2D eigenvalue weighted by molar-refractivity contribution is 7.59. The van der Waals surface area contributed by atoms with E-state index < -0.39 is 24.0 Å². The Morgan fingerprint density at radius 3 is 2.24 bits per heavy atom. The summed E-state index contributed by atoms with van der Waals surface area (Å²) in [7, 11) is -6.44. The van der Waals surface area contributed by atoms with Crippen molar-refractivity contribution < 1.29 is 18.0 Å². The van der Waals surface area contributed by atoms with E-state index in [4.69, 9.17) is 8.64 Å². The van der Waals surface area contributed by atoms with E-state index in [1.165, 1.54) is 0 Å². The lowest BCUT2D eigenvalue weighted by atomic mass is 10.2. The molecule has 1 heterocycles. The predicted octanol–water partition coefficient (Wildman–Crippen LogP) is 3.55. The van der Waals surface area contributed by atoms with Gasteiger partial charge in [0.25, 0.3) is 0 Å². The number of carbonyl (C=O) groups excluding carboxylic acids is 1. The van der Waals surface area contributed by atoms with Crippen LogP contribution in [0.3, 0.4) is 0 Å². The second kappa shape index (κ2) is 6.66. The summed E-state index contributed by atoms with van der Waals surface area (Å²) in [6.45, 7) is 14.6. The molecular formula is C13H30NO4PSi2. The summed E-state index contributed by atoms with van der Waals surface area (Å²) in [5, 5.41) is 0. The third kappa shape index (κ3) is 7.24. The molecule has 124 valence electrons. The summed E-state index contributed by atoms with van der Waals surface area (Å²) in [6, 6.07) is -0.254. The lowest BCUT2D eigenvalue weighted by molar-refractivity contribution is -0.139. The maximum Gasteiger partial charge on any atom is 0.310 e. The van der Waals surface area contributed by atoms with Gasteiger partial charge in [0.15, 0.2) is 8.32 Å². The lowest BCUT2D eigenvalue weighted by Gasteiger charge is -2.31. The van der Waals surface area contributed by atoms with Crippen LogP contribution in [0.1, 0.15) is 12.8 Å². The molecular weight excluding hydrogens is 321 g/mol. The van der Waals surface area contributed by atoms with Gasteiger partial charge in [0.05, 0.1) is 6.29 Å². The molecule has 1 saturated heterocycles.